The van der Waals surface area contributed by atoms with Crippen LogP contribution in [0.15, 0.2) is 6.33 Å². The zero-order valence-electron chi connectivity index (χ0n) is 7.73. The maximum atomic E-state index is 5.31. The summed E-state index contributed by atoms with van der Waals surface area (Å²) in [5, 5.41) is 7.27. The molecule has 0 radical (unpaired) electrons. The van der Waals surface area contributed by atoms with Gasteiger partial charge in [0.25, 0.3) is 0 Å². The molecule has 0 spiro atoms. The lowest BCUT2D eigenvalue weighted by Gasteiger charge is -2.10. The Morgan fingerprint density at radius 2 is 2.69 bits per heavy atom. The Labute approximate surface area is 77.1 Å². The van der Waals surface area contributed by atoms with Crippen LogP contribution in [-0.4, -0.2) is 35.0 Å². The predicted molar refractivity (Wildman–Crippen MR) is 47.3 cm³/mol. The fraction of sp³-hybridized carbons (Fsp3) is 0.750. The number of hydrogen-bond acceptors (Lipinski definition) is 4. The summed E-state index contributed by atoms with van der Waals surface area (Å²) >= 11 is 0. The number of ether oxygens (including phenoxy) is 1. The Morgan fingerprint density at radius 1 is 1.77 bits per heavy atom. The summed E-state index contributed by atoms with van der Waals surface area (Å²) in [6.45, 7) is 2.36. The quantitative estimate of drug-likeness (QED) is 0.712. The van der Waals surface area contributed by atoms with Crippen LogP contribution < -0.4 is 5.32 Å². The highest BCUT2D eigenvalue weighted by Crippen LogP contribution is 2.18. The molecule has 1 aliphatic heterocycles. The first-order chi connectivity index (χ1) is 6.42. The zero-order valence-corrected chi connectivity index (χ0v) is 7.73. The van der Waals surface area contributed by atoms with E-state index in [2.05, 4.69) is 15.4 Å². The molecule has 1 N–H and O–H groups in total. The van der Waals surface area contributed by atoms with Crippen LogP contribution in [0.1, 0.15) is 18.3 Å². The number of aromatic nitrogens is 3. The molecule has 5 nitrogen and oxygen atoms in total. The van der Waals surface area contributed by atoms with Gasteiger partial charge in [-0.2, -0.15) is 5.10 Å². The maximum Gasteiger partial charge on any atom is 0.141 e. The minimum atomic E-state index is 0.380. The van der Waals surface area contributed by atoms with Crippen molar-refractivity contribution < 1.29 is 4.74 Å². The molecule has 5 heteroatoms. The summed E-state index contributed by atoms with van der Waals surface area (Å²) < 4.78 is 7.27. The van der Waals surface area contributed by atoms with E-state index in [1.54, 1.807) is 6.33 Å². The van der Waals surface area contributed by atoms with Gasteiger partial charge in [-0.25, -0.2) is 9.67 Å². The molecule has 1 aromatic heterocycles. The molecule has 1 unspecified atom stereocenters. The minimum absolute atomic E-state index is 0.380. The molecule has 2 rings (SSSR count). The van der Waals surface area contributed by atoms with Crippen molar-refractivity contribution in [3.05, 3.63) is 12.2 Å². The fourth-order valence-corrected chi connectivity index (χ4v) is 1.58. The Bertz CT molecular complexity index is 267. The molecule has 1 saturated heterocycles. The third-order valence-electron chi connectivity index (χ3n) is 2.23. The summed E-state index contributed by atoms with van der Waals surface area (Å²) in [6, 6.07) is 0.380. The number of hydrogen-bond donors (Lipinski definition) is 1. The van der Waals surface area contributed by atoms with Crippen LogP contribution >= 0.6 is 0 Å². The lowest BCUT2D eigenvalue weighted by molar-refractivity contribution is 0.183. The molecule has 1 aromatic rings. The number of nitrogens with one attached hydrogen (secondary N) is 1. The van der Waals surface area contributed by atoms with Crippen LogP contribution in [0.5, 0.6) is 0 Å². The monoisotopic (exact) mass is 182 g/mol. The van der Waals surface area contributed by atoms with Crippen molar-refractivity contribution in [3.63, 3.8) is 0 Å². The first-order valence-corrected chi connectivity index (χ1v) is 4.52. The van der Waals surface area contributed by atoms with E-state index in [1.807, 2.05) is 11.7 Å². The van der Waals surface area contributed by atoms with E-state index in [1.165, 1.54) is 0 Å². The van der Waals surface area contributed by atoms with Crippen molar-refractivity contribution in [1.29, 1.82) is 0 Å². The van der Waals surface area contributed by atoms with Gasteiger partial charge in [-0.05, 0) is 13.5 Å². The highest BCUT2D eigenvalue weighted by atomic mass is 16.5. The van der Waals surface area contributed by atoms with Gasteiger partial charge in [-0.1, -0.05) is 0 Å². The molecule has 1 fully saturated rings. The lowest BCUT2D eigenvalue weighted by atomic mass is 10.3. The lowest BCUT2D eigenvalue weighted by Crippen LogP contribution is -2.18. The second-order valence-electron chi connectivity index (χ2n) is 3.17. The largest absolute Gasteiger partial charge is 0.379 e. The van der Waals surface area contributed by atoms with E-state index < -0.39 is 0 Å². The average molecular weight is 182 g/mol. The van der Waals surface area contributed by atoms with Gasteiger partial charge < -0.3 is 10.1 Å². The normalized spacial score (nSPS) is 22.4. The van der Waals surface area contributed by atoms with Gasteiger partial charge in [0, 0.05) is 6.61 Å². The number of nitrogens with zero attached hydrogens (tertiary/aromatic N) is 3. The highest BCUT2D eigenvalue weighted by Gasteiger charge is 2.20. The third kappa shape index (κ3) is 1.71. The molecular formula is C8H14N4O. The van der Waals surface area contributed by atoms with Gasteiger partial charge >= 0.3 is 0 Å². The van der Waals surface area contributed by atoms with E-state index >= 15 is 0 Å². The fourth-order valence-electron chi connectivity index (χ4n) is 1.58. The molecule has 0 bridgehead atoms. The summed E-state index contributed by atoms with van der Waals surface area (Å²) in [4.78, 5) is 4.18. The van der Waals surface area contributed by atoms with Gasteiger partial charge in [-0.3, -0.25) is 0 Å². The molecule has 0 aliphatic carbocycles. The first-order valence-electron chi connectivity index (χ1n) is 4.52. The Morgan fingerprint density at radius 3 is 3.38 bits per heavy atom. The average Bonchev–Trinajstić information content (AvgIpc) is 2.71. The highest BCUT2D eigenvalue weighted by molar-refractivity contribution is 4.88. The van der Waals surface area contributed by atoms with Crippen molar-refractivity contribution in [3.8, 4) is 0 Å². The smallest absolute Gasteiger partial charge is 0.141 e. The van der Waals surface area contributed by atoms with Crippen LogP contribution in [-0.2, 0) is 11.3 Å². The summed E-state index contributed by atoms with van der Waals surface area (Å²) in [7, 11) is 1.91. The zero-order chi connectivity index (χ0) is 9.10. The van der Waals surface area contributed by atoms with Crippen LogP contribution in [0.25, 0.3) is 0 Å². The van der Waals surface area contributed by atoms with E-state index in [0.29, 0.717) is 6.04 Å². The molecule has 72 valence electrons. The second kappa shape index (κ2) is 3.85. The third-order valence-corrected chi connectivity index (χ3v) is 2.23. The van der Waals surface area contributed by atoms with Gasteiger partial charge in [0.1, 0.15) is 12.2 Å². The standard InChI is InChI=1S/C8H14N4O/c1-9-4-8-10-6-11-12(8)7-2-3-13-5-7/h6-7,9H,2-5H2,1H3. The molecule has 1 aliphatic rings. The molecule has 0 amide bonds. The molecular weight excluding hydrogens is 168 g/mol. The van der Waals surface area contributed by atoms with Crippen molar-refractivity contribution in [1.82, 2.24) is 20.1 Å². The maximum absolute atomic E-state index is 5.31. The molecule has 1 atom stereocenters. The summed E-state index contributed by atoms with van der Waals surface area (Å²) in [6.07, 6.45) is 2.64. The SMILES string of the molecule is CNCc1ncnn1C1CCOC1. The summed E-state index contributed by atoms with van der Waals surface area (Å²) in [5.74, 6) is 0.984. The van der Waals surface area contributed by atoms with E-state index in [4.69, 9.17) is 4.74 Å². The predicted octanol–water partition coefficient (Wildman–Crippen LogP) is -0.0411. The van der Waals surface area contributed by atoms with Gasteiger partial charge in [-0.15, -0.1) is 0 Å². The molecule has 0 saturated carbocycles. The summed E-state index contributed by atoms with van der Waals surface area (Å²) in [5.41, 5.74) is 0. The van der Waals surface area contributed by atoms with Gasteiger partial charge in [0.05, 0.1) is 19.2 Å². The molecule has 13 heavy (non-hydrogen) atoms. The molecule has 2 heterocycles. The van der Waals surface area contributed by atoms with Crippen molar-refractivity contribution >= 4 is 0 Å². The first kappa shape index (κ1) is 8.65. The van der Waals surface area contributed by atoms with Crippen LogP contribution in [0, 0.1) is 0 Å². The van der Waals surface area contributed by atoms with Gasteiger partial charge in [0.15, 0.2) is 0 Å². The van der Waals surface area contributed by atoms with Crippen LogP contribution in [0.3, 0.4) is 0 Å². The Kier molecular flexibility index (Phi) is 2.56. The second-order valence-corrected chi connectivity index (χ2v) is 3.17. The van der Waals surface area contributed by atoms with Crippen LogP contribution in [0.4, 0.5) is 0 Å². The van der Waals surface area contributed by atoms with E-state index in [9.17, 15) is 0 Å². The van der Waals surface area contributed by atoms with Gasteiger partial charge in [0.2, 0.25) is 0 Å². The van der Waals surface area contributed by atoms with Crippen molar-refractivity contribution in [2.24, 2.45) is 0 Å². The minimum Gasteiger partial charge on any atom is -0.379 e. The number of rotatable bonds is 3. The molecule has 0 aromatic carbocycles. The van der Waals surface area contributed by atoms with E-state index in [-0.39, 0.29) is 0 Å². The van der Waals surface area contributed by atoms with Crippen molar-refractivity contribution in [2.45, 2.75) is 19.0 Å². The topological polar surface area (TPSA) is 52.0 Å². The van der Waals surface area contributed by atoms with Crippen LogP contribution in [0.2, 0.25) is 0 Å². The Hall–Kier alpha value is -0.940. The van der Waals surface area contributed by atoms with E-state index in [0.717, 1.165) is 32.0 Å². The Balaban J connectivity index is 2.13. The van der Waals surface area contributed by atoms with Crippen molar-refractivity contribution in [2.75, 3.05) is 20.3 Å².